The van der Waals surface area contributed by atoms with Gasteiger partial charge >= 0.3 is 0 Å². The second-order valence-corrected chi connectivity index (χ2v) is 7.28. The van der Waals surface area contributed by atoms with Crippen LogP contribution in [0.15, 0.2) is 27.6 Å². The summed E-state index contributed by atoms with van der Waals surface area (Å²) in [6.45, 7) is 7.54. The van der Waals surface area contributed by atoms with Crippen molar-refractivity contribution in [2.45, 2.75) is 33.9 Å². The first kappa shape index (κ1) is 15.3. The highest BCUT2D eigenvalue weighted by Crippen LogP contribution is 2.20. The minimum absolute atomic E-state index is 0.0916. The molecule has 6 heteroatoms. The average molecular weight is 356 g/mol. The van der Waals surface area contributed by atoms with E-state index in [4.69, 9.17) is 0 Å². The van der Waals surface area contributed by atoms with Crippen LogP contribution in [0.25, 0.3) is 0 Å². The van der Waals surface area contributed by atoms with Crippen molar-refractivity contribution in [3.8, 4) is 0 Å². The van der Waals surface area contributed by atoms with Crippen molar-refractivity contribution in [2.24, 2.45) is 5.92 Å². The molecule has 4 nitrogen and oxygen atoms in total. The Bertz CT molecular complexity index is 648. The Balaban J connectivity index is 2.13. The SMILES string of the molecule is Cc1ccc(CNc2cnn(CC(C)C)c(=O)c2Br)s1. The van der Waals surface area contributed by atoms with E-state index >= 15 is 0 Å². The van der Waals surface area contributed by atoms with Crippen molar-refractivity contribution in [1.82, 2.24) is 9.78 Å². The van der Waals surface area contributed by atoms with Gasteiger partial charge in [-0.05, 0) is 40.9 Å². The normalized spacial score (nSPS) is 11.1. The molecular weight excluding hydrogens is 338 g/mol. The van der Waals surface area contributed by atoms with Gasteiger partial charge in [-0.1, -0.05) is 13.8 Å². The molecule has 0 amide bonds. The standard InChI is InChI=1S/C14H18BrN3OS/c1-9(2)8-18-14(19)13(15)12(7-17-18)16-6-11-5-4-10(3)20-11/h4-5,7,9,16H,6,8H2,1-3H3. The molecule has 0 bridgehead atoms. The van der Waals surface area contributed by atoms with Gasteiger partial charge < -0.3 is 5.32 Å². The second kappa shape index (κ2) is 6.54. The lowest BCUT2D eigenvalue weighted by atomic mass is 10.2. The van der Waals surface area contributed by atoms with E-state index in [1.165, 1.54) is 14.4 Å². The molecule has 0 fully saturated rings. The number of nitrogens with zero attached hydrogens (tertiary/aromatic N) is 2. The van der Waals surface area contributed by atoms with Crippen LogP contribution in [0.2, 0.25) is 0 Å². The number of nitrogens with one attached hydrogen (secondary N) is 1. The molecule has 0 saturated heterocycles. The van der Waals surface area contributed by atoms with E-state index < -0.39 is 0 Å². The molecular formula is C14H18BrN3OS. The smallest absolute Gasteiger partial charge is 0.283 e. The zero-order chi connectivity index (χ0) is 14.7. The van der Waals surface area contributed by atoms with Crippen LogP contribution >= 0.6 is 27.3 Å². The van der Waals surface area contributed by atoms with E-state index in [-0.39, 0.29) is 5.56 Å². The average Bonchev–Trinajstić information content (AvgIpc) is 2.79. The van der Waals surface area contributed by atoms with Crippen molar-refractivity contribution >= 4 is 33.0 Å². The summed E-state index contributed by atoms with van der Waals surface area (Å²) in [7, 11) is 0. The Morgan fingerprint density at radius 2 is 2.20 bits per heavy atom. The highest BCUT2D eigenvalue weighted by Gasteiger charge is 2.09. The molecule has 2 aromatic heterocycles. The molecule has 0 atom stereocenters. The summed E-state index contributed by atoms with van der Waals surface area (Å²) in [5.41, 5.74) is 0.645. The largest absolute Gasteiger partial charge is 0.378 e. The van der Waals surface area contributed by atoms with Crippen LogP contribution in [0.3, 0.4) is 0 Å². The lowest BCUT2D eigenvalue weighted by Crippen LogP contribution is -2.26. The van der Waals surface area contributed by atoms with Gasteiger partial charge in [-0.2, -0.15) is 5.10 Å². The fourth-order valence-electron chi connectivity index (χ4n) is 1.83. The van der Waals surface area contributed by atoms with Crippen LogP contribution in [-0.2, 0) is 13.1 Å². The maximum Gasteiger partial charge on any atom is 0.283 e. The minimum atomic E-state index is -0.0916. The van der Waals surface area contributed by atoms with Crippen LogP contribution in [0.4, 0.5) is 5.69 Å². The number of halogens is 1. The first-order valence-corrected chi connectivity index (χ1v) is 8.13. The fourth-order valence-corrected chi connectivity index (χ4v) is 3.10. The molecule has 0 unspecified atom stereocenters. The lowest BCUT2D eigenvalue weighted by Gasteiger charge is -2.11. The fraction of sp³-hybridized carbons (Fsp3) is 0.429. The third kappa shape index (κ3) is 3.70. The van der Waals surface area contributed by atoms with E-state index in [1.807, 2.05) is 0 Å². The summed E-state index contributed by atoms with van der Waals surface area (Å²) in [5.74, 6) is 0.389. The number of aryl methyl sites for hydroxylation is 1. The van der Waals surface area contributed by atoms with E-state index in [2.05, 4.69) is 59.2 Å². The van der Waals surface area contributed by atoms with Crippen molar-refractivity contribution in [2.75, 3.05) is 5.32 Å². The summed E-state index contributed by atoms with van der Waals surface area (Å²) in [6.07, 6.45) is 1.70. The van der Waals surface area contributed by atoms with Crippen molar-refractivity contribution in [1.29, 1.82) is 0 Å². The summed E-state index contributed by atoms with van der Waals surface area (Å²) in [6, 6.07) is 4.18. The molecule has 108 valence electrons. The van der Waals surface area contributed by atoms with Crippen molar-refractivity contribution in [3.05, 3.63) is 42.9 Å². The molecule has 2 heterocycles. The van der Waals surface area contributed by atoms with E-state index in [0.717, 1.165) is 5.69 Å². The number of aromatic nitrogens is 2. The molecule has 2 rings (SSSR count). The van der Waals surface area contributed by atoms with Gasteiger partial charge in [-0.15, -0.1) is 11.3 Å². The third-order valence-corrected chi connectivity index (χ3v) is 4.54. The molecule has 20 heavy (non-hydrogen) atoms. The number of rotatable bonds is 5. The van der Waals surface area contributed by atoms with Gasteiger partial charge in [-0.3, -0.25) is 4.79 Å². The molecule has 0 aliphatic heterocycles. The Labute approximate surface area is 131 Å². The Hall–Kier alpha value is -1.14. The monoisotopic (exact) mass is 355 g/mol. The number of thiophene rings is 1. The molecule has 0 radical (unpaired) electrons. The number of hydrogen-bond donors (Lipinski definition) is 1. The Morgan fingerprint density at radius 3 is 2.80 bits per heavy atom. The molecule has 0 aliphatic rings. The second-order valence-electron chi connectivity index (χ2n) is 5.12. The third-order valence-electron chi connectivity index (χ3n) is 2.77. The zero-order valence-corrected chi connectivity index (χ0v) is 14.2. The van der Waals surface area contributed by atoms with Gasteiger partial charge in [0.2, 0.25) is 0 Å². The predicted octanol–water partition coefficient (Wildman–Crippen LogP) is 3.64. The van der Waals surface area contributed by atoms with Gasteiger partial charge in [0, 0.05) is 22.8 Å². The van der Waals surface area contributed by atoms with E-state index in [1.54, 1.807) is 17.5 Å². The summed E-state index contributed by atoms with van der Waals surface area (Å²) >= 11 is 5.11. The molecule has 2 aromatic rings. The molecule has 0 aromatic carbocycles. The van der Waals surface area contributed by atoms with Crippen LogP contribution in [-0.4, -0.2) is 9.78 Å². The zero-order valence-electron chi connectivity index (χ0n) is 11.8. The van der Waals surface area contributed by atoms with Crippen LogP contribution < -0.4 is 10.9 Å². The van der Waals surface area contributed by atoms with Gasteiger partial charge in [0.05, 0.1) is 11.9 Å². The molecule has 0 spiro atoms. The van der Waals surface area contributed by atoms with E-state index in [9.17, 15) is 4.79 Å². The maximum atomic E-state index is 12.2. The van der Waals surface area contributed by atoms with Crippen molar-refractivity contribution in [3.63, 3.8) is 0 Å². The van der Waals surface area contributed by atoms with E-state index in [0.29, 0.717) is 23.5 Å². The first-order chi connectivity index (χ1) is 9.47. The van der Waals surface area contributed by atoms with Crippen LogP contribution in [0.1, 0.15) is 23.6 Å². The lowest BCUT2D eigenvalue weighted by molar-refractivity contribution is 0.462. The summed E-state index contributed by atoms with van der Waals surface area (Å²) < 4.78 is 2.04. The van der Waals surface area contributed by atoms with Gasteiger partial charge in [0.1, 0.15) is 4.47 Å². The number of hydrogen-bond acceptors (Lipinski definition) is 4. The summed E-state index contributed by atoms with van der Waals surface area (Å²) in [5, 5.41) is 7.46. The van der Waals surface area contributed by atoms with Crippen LogP contribution in [0, 0.1) is 12.8 Å². The predicted molar refractivity (Wildman–Crippen MR) is 87.4 cm³/mol. The highest BCUT2D eigenvalue weighted by atomic mass is 79.9. The molecule has 1 N–H and O–H groups in total. The Kier molecular flexibility index (Phi) is 4.99. The maximum absolute atomic E-state index is 12.2. The minimum Gasteiger partial charge on any atom is -0.378 e. The topological polar surface area (TPSA) is 46.9 Å². The summed E-state index contributed by atoms with van der Waals surface area (Å²) in [4.78, 5) is 14.7. The molecule has 0 aliphatic carbocycles. The van der Waals surface area contributed by atoms with Crippen LogP contribution in [0.5, 0.6) is 0 Å². The Morgan fingerprint density at radius 1 is 1.45 bits per heavy atom. The van der Waals surface area contributed by atoms with Gasteiger partial charge in [-0.25, -0.2) is 4.68 Å². The first-order valence-electron chi connectivity index (χ1n) is 6.52. The highest BCUT2D eigenvalue weighted by molar-refractivity contribution is 9.10. The van der Waals surface area contributed by atoms with Gasteiger partial charge in [0.25, 0.3) is 5.56 Å². The van der Waals surface area contributed by atoms with Crippen molar-refractivity contribution < 1.29 is 0 Å². The van der Waals surface area contributed by atoms with Gasteiger partial charge in [0.15, 0.2) is 0 Å². The molecule has 0 saturated carbocycles. The quantitative estimate of drug-likeness (QED) is 0.890. The number of anilines is 1.